The molecule has 7 nitrogen and oxygen atoms in total. The van der Waals surface area contributed by atoms with Crippen LogP contribution in [-0.4, -0.2) is 58.6 Å². The van der Waals surface area contributed by atoms with Crippen LogP contribution in [0.1, 0.15) is 32.1 Å². The minimum Gasteiger partial charge on any atom is -0.480 e. The molecule has 0 spiro atoms. The Morgan fingerprint density at radius 1 is 1.19 bits per heavy atom. The lowest BCUT2D eigenvalue weighted by atomic mass is 9.96. The number of hydrogen-bond donors (Lipinski definition) is 3. The van der Waals surface area contributed by atoms with Crippen LogP contribution in [0.5, 0.6) is 0 Å². The number of carbonyl (C=O) groups excluding carboxylic acids is 2. The summed E-state index contributed by atoms with van der Waals surface area (Å²) in [4.78, 5) is 36.9. The average Bonchev–Trinajstić information content (AvgIpc) is 3.30. The fraction of sp³-hybridized carbons (Fsp3) is 0.786. The molecule has 2 aliphatic rings. The third kappa shape index (κ3) is 4.17. The number of carboxylic acid groups (broad SMARTS) is 1. The first-order valence-electron chi connectivity index (χ1n) is 7.45. The Morgan fingerprint density at radius 2 is 1.90 bits per heavy atom. The van der Waals surface area contributed by atoms with Gasteiger partial charge in [0.05, 0.1) is 5.92 Å². The maximum atomic E-state index is 12.1. The lowest BCUT2D eigenvalue weighted by molar-refractivity contribution is -0.144. The van der Waals surface area contributed by atoms with E-state index < -0.39 is 12.0 Å². The van der Waals surface area contributed by atoms with Crippen LogP contribution in [-0.2, 0) is 14.4 Å². The van der Waals surface area contributed by atoms with Gasteiger partial charge in [0.1, 0.15) is 6.04 Å². The van der Waals surface area contributed by atoms with Gasteiger partial charge in [-0.3, -0.25) is 9.59 Å². The van der Waals surface area contributed by atoms with E-state index in [1.165, 1.54) is 0 Å². The molecule has 2 rings (SSSR count). The normalized spacial score (nSPS) is 23.5. The van der Waals surface area contributed by atoms with E-state index in [2.05, 4.69) is 5.32 Å². The Labute approximate surface area is 123 Å². The van der Waals surface area contributed by atoms with Gasteiger partial charge in [-0.05, 0) is 25.7 Å². The minimum absolute atomic E-state index is 0.0154. The van der Waals surface area contributed by atoms with Crippen LogP contribution in [0, 0.1) is 11.8 Å². The highest BCUT2D eigenvalue weighted by Crippen LogP contribution is 2.32. The summed E-state index contributed by atoms with van der Waals surface area (Å²) in [6.45, 7) is 0.749. The van der Waals surface area contributed by atoms with Crippen molar-refractivity contribution in [3.05, 3.63) is 0 Å². The zero-order chi connectivity index (χ0) is 15.4. The summed E-state index contributed by atoms with van der Waals surface area (Å²) >= 11 is 0. The van der Waals surface area contributed by atoms with Crippen molar-refractivity contribution in [2.24, 2.45) is 11.8 Å². The number of piperidine rings is 1. The molecule has 21 heavy (non-hydrogen) atoms. The van der Waals surface area contributed by atoms with Crippen molar-refractivity contribution in [3.8, 4) is 0 Å². The van der Waals surface area contributed by atoms with Crippen molar-refractivity contribution < 1.29 is 24.6 Å². The topological polar surface area (TPSA) is 107 Å². The first-order chi connectivity index (χ1) is 10.0. The number of aliphatic carboxylic acids is 1. The fourth-order valence-corrected chi connectivity index (χ4v) is 2.66. The summed E-state index contributed by atoms with van der Waals surface area (Å²) in [7, 11) is 0. The van der Waals surface area contributed by atoms with Gasteiger partial charge >= 0.3 is 5.97 Å². The summed E-state index contributed by atoms with van der Waals surface area (Å²) in [6.07, 6.45) is 3.27. The molecule has 7 heteroatoms. The Bertz CT molecular complexity index is 422. The second-order valence-corrected chi connectivity index (χ2v) is 5.81. The molecule has 0 radical (unpaired) electrons. The molecular formula is C14H22N2O5. The molecule has 118 valence electrons. The molecule has 0 aromatic rings. The van der Waals surface area contributed by atoms with Crippen LogP contribution < -0.4 is 5.32 Å². The predicted octanol–water partition coefficient (Wildman–Crippen LogP) is -0.413. The molecule has 1 heterocycles. The van der Waals surface area contributed by atoms with E-state index in [-0.39, 0.29) is 36.7 Å². The minimum atomic E-state index is -1.15. The molecule has 0 aromatic heterocycles. The van der Waals surface area contributed by atoms with Crippen molar-refractivity contribution in [1.29, 1.82) is 0 Å². The number of aliphatic hydroxyl groups is 1. The third-order valence-electron chi connectivity index (χ3n) is 4.06. The molecular weight excluding hydrogens is 276 g/mol. The van der Waals surface area contributed by atoms with Crippen molar-refractivity contribution in [2.45, 2.75) is 38.1 Å². The van der Waals surface area contributed by atoms with Gasteiger partial charge in [-0.15, -0.1) is 0 Å². The standard InChI is InChI=1S/C14H22N2O5/c17-7-5-11(14(20)21)15-12(18)10-2-1-6-16(8-10)13(19)9-3-4-9/h9-11,17H,1-8H2,(H,15,18)(H,20,21)/t10?,11-/m1/s1. The summed E-state index contributed by atoms with van der Waals surface area (Å²) in [5.41, 5.74) is 0. The molecule has 3 N–H and O–H groups in total. The van der Waals surface area contributed by atoms with E-state index in [4.69, 9.17) is 10.2 Å². The van der Waals surface area contributed by atoms with Gasteiger partial charge in [-0.1, -0.05) is 0 Å². The Hall–Kier alpha value is -1.63. The number of amides is 2. The van der Waals surface area contributed by atoms with Gasteiger partial charge in [0.2, 0.25) is 11.8 Å². The average molecular weight is 298 g/mol. The maximum Gasteiger partial charge on any atom is 0.326 e. The SMILES string of the molecule is O=C(N[C@H](CCO)C(=O)O)C1CCCN(C(=O)C2CC2)C1. The van der Waals surface area contributed by atoms with Crippen LogP contribution in [0.4, 0.5) is 0 Å². The lowest BCUT2D eigenvalue weighted by Crippen LogP contribution is -2.49. The molecule has 1 aliphatic heterocycles. The molecule has 2 fully saturated rings. The second kappa shape index (κ2) is 6.89. The molecule has 1 unspecified atom stereocenters. The van der Waals surface area contributed by atoms with E-state index >= 15 is 0 Å². The number of aliphatic hydroxyl groups excluding tert-OH is 1. The van der Waals surface area contributed by atoms with Crippen molar-refractivity contribution >= 4 is 17.8 Å². The first kappa shape index (κ1) is 15.8. The van der Waals surface area contributed by atoms with Crippen LogP contribution >= 0.6 is 0 Å². The third-order valence-corrected chi connectivity index (χ3v) is 4.06. The first-order valence-corrected chi connectivity index (χ1v) is 7.45. The highest BCUT2D eigenvalue weighted by Gasteiger charge is 2.37. The number of nitrogens with zero attached hydrogens (tertiary/aromatic N) is 1. The van der Waals surface area contributed by atoms with E-state index in [9.17, 15) is 14.4 Å². The number of hydrogen-bond acceptors (Lipinski definition) is 4. The van der Waals surface area contributed by atoms with Crippen molar-refractivity contribution in [1.82, 2.24) is 10.2 Å². The number of likely N-dealkylation sites (tertiary alicyclic amines) is 1. The van der Waals surface area contributed by atoms with Gasteiger partial charge in [0, 0.05) is 32.0 Å². The lowest BCUT2D eigenvalue weighted by Gasteiger charge is -2.32. The molecule has 1 saturated heterocycles. The van der Waals surface area contributed by atoms with Gasteiger partial charge in [-0.2, -0.15) is 0 Å². The molecule has 0 aromatic carbocycles. The van der Waals surface area contributed by atoms with Crippen LogP contribution in [0.15, 0.2) is 0 Å². The quantitative estimate of drug-likeness (QED) is 0.618. The largest absolute Gasteiger partial charge is 0.480 e. The summed E-state index contributed by atoms with van der Waals surface area (Å²) in [6, 6.07) is -1.07. The monoisotopic (exact) mass is 298 g/mol. The van der Waals surface area contributed by atoms with E-state index in [1.807, 2.05) is 0 Å². The number of carboxylic acids is 1. The van der Waals surface area contributed by atoms with Gasteiger partial charge < -0.3 is 20.4 Å². The number of nitrogens with one attached hydrogen (secondary N) is 1. The summed E-state index contributed by atoms with van der Waals surface area (Å²) in [5, 5.41) is 20.3. The Kier molecular flexibility index (Phi) is 5.17. The zero-order valence-corrected chi connectivity index (χ0v) is 12.0. The number of rotatable bonds is 6. The van der Waals surface area contributed by atoms with Gasteiger partial charge in [-0.25, -0.2) is 4.79 Å². The van der Waals surface area contributed by atoms with Gasteiger partial charge in [0.15, 0.2) is 0 Å². The van der Waals surface area contributed by atoms with Crippen LogP contribution in [0.3, 0.4) is 0 Å². The molecule has 2 atom stereocenters. The smallest absolute Gasteiger partial charge is 0.326 e. The van der Waals surface area contributed by atoms with Crippen molar-refractivity contribution in [3.63, 3.8) is 0 Å². The van der Waals surface area contributed by atoms with E-state index in [0.717, 1.165) is 19.3 Å². The number of carbonyl (C=O) groups is 3. The van der Waals surface area contributed by atoms with E-state index in [0.29, 0.717) is 19.5 Å². The Balaban J connectivity index is 1.88. The highest BCUT2D eigenvalue weighted by atomic mass is 16.4. The molecule has 0 bridgehead atoms. The van der Waals surface area contributed by atoms with Gasteiger partial charge in [0.25, 0.3) is 0 Å². The molecule has 1 saturated carbocycles. The van der Waals surface area contributed by atoms with Crippen LogP contribution in [0.25, 0.3) is 0 Å². The summed E-state index contributed by atoms with van der Waals surface area (Å²) < 4.78 is 0. The van der Waals surface area contributed by atoms with Crippen molar-refractivity contribution in [2.75, 3.05) is 19.7 Å². The predicted molar refractivity (Wildman–Crippen MR) is 73.3 cm³/mol. The maximum absolute atomic E-state index is 12.1. The van der Waals surface area contributed by atoms with E-state index in [1.54, 1.807) is 4.90 Å². The zero-order valence-electron chi connectivity index (χ0n) is 12.0. The second-order valence-electron chi connectivity index (χ2n) is 5.81. The Morgan fingerprint density at radius 3 is 2.48 bits per heavy atom. The molecule has 2 amide bonds. The molecule has 1 aliphatic carbocycles. The summed E-state index contributed by atoms with van der Waals surface area (Å²) in [5.74, 6) is -1.60. The fourth-order valence-electron chi connectivity index (χ4n) is 2.66. The van der Waals surface area contributed by atoms with Crippen LogP contribution in [0.2, 0.25) is 0 Å². The highest BCUT2D eigenvalue weighted by molar-refractivity contribution is 5.86.